The van der Waals surface area contributed by atoms with Crippen molar-refractivity contribution < 1.29 is 14.6 Å². The molecule has 0 spiro atoms. The number of benzene rings is 1. The molecule has 1 aromatic rings. The monoisotopic (exact) mass is 404 g/mol. The normalized spacial score (nSPS) is 17.9. The Hall–Kier alpha value is -2.08. The molecular formula is C22H32N2O3S. The number of carbonyl (C=O) groups excluding carboxylic acids is 1. The molecular weight excluding hydrogens is 372 g/mol. The van der Waals surface area contributed by atoms with Crippen molar-refractivity contribution in [2.75, 3.05) is 6.61 Å². The number of rotatable bonds is 3. The van der Waals surface area contributed by atoms with Crippen LogP contribution in [-0.4, -0.2) is 22.8 Å². The van der Waals surface area contributed by atoms with Crippen LogP contribution in [0.25, 0.3) is 0 Å². The quantitative estimate of drug-likeness (QED) is 0.514. The van der Waals surface area contributed by atoms with Crippen molar-refractivity contribution in [1.29, 1.82) is 0 Å². The maximum atomic E-state index is 12.7. The second-order valence-corrected chi connectivity index (χ2v) is 9.66. The number of allylic oxidation sites excluding steroid dienone is 1. The van der Waals surface area contributed by atoms with Crippen LogP contribution in [0.4, 0.5) is 0 Å². The van der Waals surface area contributed by atoms with E-state index in [2.05, 4.69) is 52.2 Å². The molecule has 1 atom stereocenters. The smallest absolute Gasteiger partial charge is 0.338 e. The van der Waals surface area contributed by atoms with Gasteiger partial charge in [-0.1, -0.05) is 41.5 Å². The summed E-state index contributed by atoms with van der Waals surface area (Å²) in [5, 5.41) is 17.7. The van der Waals surface area contributed by atoms with Gasteiger partial charge in [0, 0.05) is 5.70 Å². The summed E-state index contributed by atoms with van der Waals surface area (Å²) in [5.41, 5.74) is 3.19. The molecule has 3 N–H and O–H groups in total. The van der Waals surface area contributed by atoms with E-state index >= 15 is 0 Å². The molecule has 0 amide bonds. The predicted molar refractivity (Wildman–Crippen MR) is 116 cm³/mol. The van der Waals surface area contributed by atoms with Crippen molar-refractivity contribution in [3.63, 3.8) is 0 Å². The maximum Gasteiger partial charge on any atom is 0.338 e. The van der Waals surface area contributed by atoms with Crippen LogP contribution in [0, 0.1) is 0 Å². The van der Waals surface area contributed by atoms with Gasteiger partial charge in [-0.25, -0.2) is 4.79 Å². The second kappa shape index (κ2) is 7.74. The van der Waals surface area contributed by atoms with Crippen LogP contribution in [0.15, 0.2) is 23.4 Å². The van der Waals surface area contributed by atoms with Crippen molar-refractivity contribution in [3.8, 4) is 5.75 Å². The lowest BCUT2D eigenvalue weighted by molar-refractivity contribution is -0.139. The van der Waals surface area contributed by atoms with Crippen molar-refractivity contribution in [3.05, 3.63) is 40.1 Å². The highest BCUT2D eigenvalue weighted by atomic mass is 32.1. The van der Waals surface area contributed by atoms with Gasteiger partial charge in [-0.3, -0.25) is 0 Å². The average molecular weight is 405 g/mol. The summed E-state index contributed by atoms with van der Waals surface area (Å²) in [7, 11) is 0. The first-order chi connectivity index (χ1) is 12.8. The van der Waals surface area contributed by atoms with E-state index in [-0.39, 0.29) is 16.8 Å². The van der Waals surface area contributed by atoms with Gasteiger partial charge in [0.1, 0.15) is 5.75 Å². The molecule has 0 fully saturated rings. The highest BCUT2D eigenvalue weighted by Crippen LogP contribution is 2.42. The zero-order valence-electron chi connectivity index (χ0n) is 18.1. The summed E-state index contributed by atoms with van der Waals surface area (Å²) in [6.07, 6.45) is 0. The molecule has 1 aliphatic heterocycles. The van der Waals surface area contributed by atoms with E-state index in [1.165, 1.54) is 0 Å². The van der Waals surface area contributed by atoms with Crippen LogP contribution in [-0.2, 0) is 20.4 Å². The first-order valence-corrected chi connectivity index (χ1v) is 10.0. The lowest BCUT2D eigenvalue weighted by Gasteiger charge is -2.33. The van der Waals surface area contributed by atoms with E-state index in [9.17, 15) is 9.90 Å². The van der Waals surface area contributed by atoms with Gasteiger partial charge in [-0.05, 0) is 65.7 Å². The Morgan fingerprint density at radius 3 is 2.07 bits per heavy atom. The summed E-state index contributed by atoms with van der Waals surface area (Å²) in [4.78, 5) is 12.7. The number of thiocarbonyl (C=S) groups is 1. The molecule has 0 radical (unpaired) electrons. The minimum absolute atomic E-state index is 0.267. The maximum absolute atomic E-state index is 12.7. The molecule has 5 nitrogen and oxygen atoms in total. The Labute approximate surface area is 173 Å². The number of phenolic OH excluding ortho intramolecular Hbond substituents is 1. The fraction of sp³-hybridized carbons (Fsp3) is 0.545. The van der Waals surface area contributed by atoms with Gasteiger partial charge in [-0.15, -0.1) is 0 Å². The minimum atomic E-state index is -0.449. The number of hydrogen-bond acceptors (Lipinski definition) is 4. The van der Waals surface area contributed by atoms with E-state index in [4.69, 9.17) is 17.0 Å². The Bertz CT molecular complexity index is 794. The SMILES string of the molecule is CCOC(=O)C1=C(C)NC(=S)N[C@@H]1c1cc(C(C)(C)C)c(O)c(C(C)(C)C)c1. The Balaban J connectivity index is 2.75. The number of hydrogen-bond donors (Lipinski definition) is 3. The van der Waals surface area contributed by atoms with Crippen LogP contribution in [0.2, 0.25) is 0 Å². The molecule has 1 heterocycles. The second-order valence-electron chi connectivity index (χ2n) is 9.26. The first-order valence-electron chi connectivity index (χ1n) is 9.60. The summed E-state index contributed by atoms with van der Waals surface area (Å²) in [5.74, 6) is -0.0751. The lowest BCUT2D eigenvalue weighted by atomic mass is 9.77. The van der Waals surface area contributed by atoms with Crippen LogP contribution >= 0.6 is 12.2 Å². The van der Waals surface area contributed by atoms with E-state index in [0.29, 0.717) is 28.7 Å². The summed E-state index contributed by atoms with van der Waals surface area (Å²) in [6.45, 7) is 16.3. The molecule has 0 aromatic heterocycles. The van der Waals surface area contributed by atoms with Crippen molar-refractivity contribution in [1.82, 2.24) is 10.6 Å². The number of ether oxygens (including phenoxy) is 1. The van der Waals surface area contributed by atoms with Crippen LogP contribution < -0.4 is 10.6 Å². The fourth-order valence-corrected chi connectivity index (χ4v) is 3.66. The largest absolute Gasteiger partial charge is 0.507 e. The van der Waals surface area contributed by atoms with Crippen molar-refractivity contribution >= 4 is 23.3 Å². The zero-order valence-corrected chi connectivity index (χ0v) is 18.9. The van der Waals surface area contributed by atoms with Crippen molar-refractivity contribution in [2.45, 2.75) is 72.3 Å². The van der Waals surface area contributed by atoms with E-state index in [1.54, 1.807) is 6.92 Å². The molecule has 0 bridgehead atoms. The van der Waals surface area contributed by atoms with Crippen LogP contribution in [0.1, 0.15) is 78.1 Å². The van der Waals surface area contributed by atoms with Gasteiger partial charge in [0.05, 0.1) is 18.2 Å². The van der Waals surface area contributed by atoms with Gasteiger partial charge in [0.25, 0.3) is 0 Å². The Morgan fingerprint density at radius 2 is 1.64 bits per heavy atom. The highest BCUT2D eigenvalue weighted by molar-refractivity contribution is 7.80. The van der Waals surface area contributed by atoms with E-state index in [0.717, 1.165) is 16.7 Å². The van der Waals surface area contributed by atoms with Gasteiger partial charge in [-0.2, -0.15) is 0 Å². The third kappa shape index (κ3) is 4.49. The summed E-state index contributed by atoms with van der Waals surface area (Å²) < 4.78 is 5.29. The molecule has 2 rings (SSSR count). The standard InChI is InChI=1S/C22H32N2O3S/c1-9-27-19(26)16-12(2)23-20(28)24-17(16)13-10-14(21(3,4)5)18(25)15(11-13)22(6,7)8/h10-11,17,25H,9H2,1-8H3,(H2,23,24,28)/t17-/m1/s1. The van der Waals surface area contributed by atoms with E-state index < -0.39 is 6.04 Å². The Morgan fingerprint density at radius 1 is 1.14 bits per heavy atom. The number of esters is 1. The lowest BCUT2D eigenvalue weighted by Crippen LogP contribution is -2.45. The third-order valence-electron chi connectivity index (χ3n) is 4.85. The van der Waals surface area contributed by atoms with E-state index in [1.807, 2.05) is 19.1 Å². The van der Waals surface area contributed by atoms with Gasteiger partial charge in [0.15, 0.2) is 5.11 Å². The molecule has 0 aliphatic carbocycles. The predicted octanol–water partition coefficient (Wildman–Crippen LogP) is 4.34. The number of carbonyl (C=O) groups is 1. The molecule has 1 aromatic carbocycles. The highest BCUT2D eigenvalue weighted by Gasteiger charge is 2.34. The van der Waals surface area contributed by atoms with Crippen molar-refractivity contribution in [2.24, 2.45) is 0 Å². The topological polar surface area (TPSA) is 70.6 Å². The number of nitrogens with one attached hydrogen (secondary N) is 2. The molecule has 0 saturated carbocycles. The van der Waals surface area contributed by atoms with Crippen LogP contribution in [0.5, 0.6) is 5.75 Å². The molecule has 0 unspecified atom stereocenters. The third-order valence-corrected chi connectivity index (χ3v) is 5.07. The molecule has 0 saturated heterocycles. The summed E-state index contributed by atoms with van der Waals surface area (Å²) in [6, 6.07) is 3.47. The first kappa shape index (κ1) is 22.2. The zero-order chi connectivity index (χ0) is 21.4. The average Bonchev–Trinajstić information content (AvgIpc) is 2.52. The summed E-state index contributed by atoms with van der Waals surface area (Å²) >= 11 is 5.34. The molecule has 6 heteroatoms. The minimum Gasteiger partial charge on any atom is -0.507 e. The molecule has 1 aliphatic rings. The van der Waals surface area contributed by atoms with Gasteiger partial charge < -0.3 is 20.5 Å². The van der Waals surface area contributed by atoms with Gasteiger partial charge in [0.2, 0.25) is 0 Å². The van der Waals surface area contributed by atoms with Crippen LogP contribution in [0.3, 0.4) is 0 Å². The molecule has 154 valence electrons. The molecule has 28 heavy (non-hydrogen) atoms. The number of phenols is 1. The fourth-order valence-electron chi connectivity index (χ4n) is 3.39. The van der Waals surface area contributed by atoms with Gasteiger partial charge >= 0.3 is 5.97 Å². The number of aromatic hydroxyl groups is 1. The Kier molecular flexibility index (Phi) is 6.14.